The lowest BCUT2D eigenvalue weighted by atomic mass is 10.0. The van der Waals surface area contributed by atoms with Gasteiger partial charge in [-0.1, -0.05) is 25.1 Å². The maximum absolute atomic E-state index is 13.0. The van der Waals surface area contributed by atoms with E-state index in [0.717, 1.165) is 63.7 Å². The number of amides is 1. The quantitative estimate of drug-likeness (QED) is 0.849. The molecule has 0 spiro atoms. The maximum Gasteiger partial charge on any atom is 0.261 e. The van der Waals surface area contributed by atoms with Crippen LogP contribution in [0.25, 0.3) is 0 Å². The van der Waals surface area contributed by atoms with Gasteiger partial charge >= 0.3 is 0 Å². The first-order chi connectivity index (χ1) is 12.8. The molecule has 3 heterocycles. The molecule has 1 amide bonds. The van der Waals surface area contributed by atoms with Crippen LogP contribution in [-0.2, 0) is 6.42 Å². The highest BCUT2D eigenvalue weighted by Gasteiger charge is 2.24. The average Bonchev–Trinajstić information content (AvgIpc) is 2.73. The van der Waals surface area contributed by atoms with Gasteiger partial charge in [-0.15, -0.1) is 0 Å². The summed E-state index contributed by atoms with van der Waals surface area (Å²) in [6.07, 6.45) is 5.37. The lowest BCUT2D eigenvalue weighted by molar-refractivity contribution is 0.0984. The first-order valence-corrected chi connectivity index (χ1v) is 9.45. The number of aryl methyl sites for hydroxylation is 1. The SMILES string of the molecule is CCN1CCN(c2ncc(C(=O)N3CCCc4ccccc43)cn2)CC1. The van der Waals surface area contributed by atoms with Crippen molar-refractivity contribution in [2.75, 3.05) is 49.1 Å². The van der Waals surface area contributed by atoms with Gasteiger partial charge in [0.15, 0.2) is 0 Å². The number of aromatic nitrogens is 2. The topological polar surface area (TPSA) is 52.6 Å². The molecule has 26 heavy (non-hydrogen) atoms. The summed E-state index contributed by atoms with van der Waals surface area (Å²) in [5.74, 6) is 0.704. The minimum atomic E-state index is -0.0143. The van der Waals surface area contributed by atoms with E-state index in [4.69, 9.17) is 0 Å². The van der Waals surface area contributed by atoms with Crippen molar-refractivity contribution >= 4 is 17.5 Å². The standard InChI is InChI=1S/C20H25N5O/c1-2-23-10-12-24(13-11-23)20-21-14-17(15-22-20)19(26)25-9-5-7-16-6-3-4-8-18(16)25/h3-4,6,8,14-15H,2,5,7,9-13H2,1H3. The second-order valence-electron chi connectivity index (χ2n) is 6.88. The molecule has 1 aromatic carbocycles. The zero-order valence-electron chi connectivity index (χ0n) is 15.3. The Morgan fingerprint density at radius 2 is 1.77 bits per heavy atom. The Morgan fingerprint density at radius 1 is 1.04 bits per heavy atom. The van der Waals surface area contributed by atoms with Crippen molar-refractivity contribution in [1.82, 2.24) is 14.9 Å². The Morgan fingerprint density at radius 3 is 2.50 bits per heavy atom. The zero-order valence-corrected chi connectivity index (χ0v) is 15.3. The van der Waals surface area contributed by atoms with Gasteiger partial charge in [0.2, 0.25) is 5.95 Å². The summed E-state index contributed by atoms with van der Waals surface area (Å²) in [4.78, 5) is 28.4. The number of piperazine rings is 1. The molecular formula is C20H25N5O. The molecule has 0 bridgehead atoms. The van der Waals surface area contributed by atoms with E-state index < -0.39 is 0 Å². The van der Waals surface area contributed by atoms with E-state index in [-0.39, 0.29) is 5.91 Å². The molecule has 6 heteroatoms. The Balaban J connectivity index is 1.48. The van der Waals surface area contributed by atoms with Crippen molar-refractivity contribution in [3.05, 3.63) is 47.8 Å². The molecule has 1 saturated heterocycles. The fraction of sp³-hybridized carbons (Fsp3) is 0.450. The van der Waals surface area contributed by atoms with Crippen LogP contribution in [0.5, 0.6) is 0 Å². The number of carbonyl (C=O) groups is 1. The number of para-hydroxylation sites is 1. The van der Waals surface area contributed by atoms with Gasteiger partial charge in [0.25, 0.3) is 5.91 Å². The fourth-order valence-corrected chi connectivity index (χ4v) is 3.76. The third kappa shape index (κ3) is 3.29. The average molecular weight is 351 g/mol. The van der Waals surface area contributed by atoms with Gasteiger partial charge in [0.1, 0.15) is 0 Å². The molecule has 0 N–H and O–H groups in total. The van der Waals surface area contributed by atoms with E-state index in [9.17, 15) is 4.79 Å². The molecule has 2 aliphatic heterocycles. The smallest absolute Gasteiger partial charge is 0.261 e. The molecule has 0 aliphatic carbocycles. The summed E-state index contributed by atoms with van der Waals surface area (Å²) in [6.45, 7) is 7.94. The highest BCUT2D eigenvalue weighted by molar-refractivity contribution is 6.06. The van der Waals surface area contributed by atoms with Crippen LogP contribution < -0.4 is 9.80 Å². The first-order valence-electron chi connectivity index (χ1n) is 9.45. The Bertz CT molecular complexity index is 768. The van der Waals surface area contributed by atoms with Gasteiger partial charge in [-0.3, -0.25) is 4.79 Å². The van der Waals surface area contributed by atoms with Gasteiger partial charge < -0.3 is 14.7 Å². The summed E-state index contributed by atoms with van der Waals surface area (Å²) in [6, 6.07) is 8.14. The molecule has 2 aromatic rings. The van der Waals surface area contributed by atoms with Gasteiger partial charge in [0, 0.05) is 50.8 Å². The molecule has 0 radical (unpaired) electrons. The number of nitrogens with zero attached hydrogens (tertiary/aromatic N) is 5. The van der Waals surface area contributed by atoms with E-state index in [1.165, 1.54) is 5.56 Å². The largest absolute Gasteiger partial charge is 0.338 e. The van der Waals surface area contributed by atoms with Crippen LogP contribution in [-0.4, -0.2) is 60.0 Å². The van der Waals surface area contributed by atoms with Crippen LogP contribution in [0.1, 0.15) is 29.3 Å². The second-order valence-corrected chi connectivity index (χ2v) is 6.88. The van der Waals surface area contributed by atoms with Crippen LogP contribution in [0.4, 0.5) is 11.6 Å². The summed E-state index contributed by atoms with van der Waals surface area (Å²) in [5.41, 5.74) is 2.81. The van der Waals surface area contributed by atoms with Crippen LogP contribution in [0.3, 0.4) is 0 Å². The number of carbonyl (C=O) groups excluding carboxylic acids is 1. The maximum atomic E-state index is 13.0. The van der Waals surface area contributed by atoms with Crippen molar-refractivity contribution < 1.29 is 4.79 Å². The monoisotopic (exact) mass is 351 g/mol. The summed E-state index contributed by atoms with van der Waals surface area (Å²) >= 11 is 0. The molecule has 6 nitrogen and oxygen atoms in total. The van der Waals surface area contributed by atoms with Gasteiger partial charge in [-0.25, -0.2) is 9.97 Å². The Labute approximate surface area is 154 Å². The number of fused-ring (bicyclic) bond motifs is 1. The lowest BCUT2D eigenvalue weighted by Crippen LogP contribution is -2.46. The molecule has 1 aromatic heterocycles. The molecule has 4 rings (SSSR count). The van der Waals surface area contributed by atoms with Crippen LogP contribution >= 0.6 is 0 Å². The zero-order chi connectivity index (χ0) is 17.9. The van der Waals surface area contributed by atoms with Gasteiger partial charge in [0.05, 0.1) is 5.56 Å². The van der Waals surface area contributed by atoms with Crippen LogP contribution in [0, 0.1) is 0 Å². The lowest BCUT2D eigenvalue weighted by Gasteiger charge is -2.34. The van der Waals surface area contributed by atoms with Crippen LogP contribution in [0.2, 0.25) is 0 Å². The molecule has 2 aliphatic rings. The third-order valence-electron chi connectivity index (χ3n) is 5.34. The third-order valence-corrected chi connectivity index (χ3v) is 5.34. The van der Waals surface area contributed by atoms with Crippen molar-refractivity contribution in [3.63, 3.8) is 0 Å². The number of anilines is 2. The van der Waals surface area contributed by atoms with Crippen LogP contribution in [0.15, 0.2) is 36.7 Å². The number of hydrogen-bond acceptors (Lipinski definition) is 5. The van der Waals surface area contributed by atoms with E-state index in [2.05, 4.69) is 32.8 Å². The summed E-state index contributed by atoms with van der Waals surface area (Å²) in [7, 11) is 0. The summed E-state index contributed by atoms with van der Waals surface area (Å²) in [5, 5.41) is 0. The first kappa shape index (κ1) is 17.0. The molecule has 136 valence electrons. The Hall–Kier alpha value is -2.47. The molecule has 1 fully saturated rings. The number of likely N-dealkylation sites (N-methyl/N-ethyl adjacent to an activating group) is 1. The van der Waals surface area contributed by atoms with Gasteiger partial charge in [-0.2, -0.15) is 0 Å². The van der Waals surface area contributed by atoms with E-state index in [1.807, 2.05) is 23.1 Å². The van der Waals surface area contributed by atoms with Crippen molar-refractivity contribution in [1.29, 1.82) is 0 Å². The Kier molecular flexibility index (Phi) is 4.84. The fourth-order valence-electron chi connectivity index (χ4n) is 3.76. The normalized spacial score (nSPS) is 17.9. The van der Waals surface area contributed by atoms with E-state index in [1.54, 1.807) is 12.4 Å². The van der Waals surface area contributed by atoms with Crippen molar-refractivity contribution in [2.24, 2.45) is 0 Å². The predicted octanol–water partition coefficient (Wildman–Crippen LogP) is 2.21. The number of benzene rings is 1. The van der Waals surface area contributed by atoms with E-state index in [0.29, 0.717) is 5.56 Å². The molecule has 0 unspecified atom stereocenters. The molecular weight excluding hydrogens is 326 g/mol. The second kappa shape index (κ2) is 7.41. The highest BCUT2D eigenvalue weighted by Crippen LogP contribution is 2.28. The van der Waals surface area contributed by atoms with Crippen molar-refractivity contribution in [3.8, 4) is 0 Å². The summed E-state index contributed by atoms with van der Waals surface area (Å²) < 4.78 is 0. The number of hydrogen-bond donors (Lipinski definition) is 0. The highest BCUT2D eigenvalue weighted by atomic mass is 16.2. The number of rotatable bonds is 3. The van der Waals surface area contributed by atoms with E-state index >= 15 is 0 Å². The minimum Gasteiger partial charge on any atom is -0.338 e. The predicted molar refractivity (Wildman–Crippen MR) is 103 cm³/mol. The molecule has 0 saturated carbocycles. The van der Waals surface area contributed by atoms with Crippen molar-refractivity contribution in [2.45, 2.75) is 19.8 Å². The minimum absolute atomic E-state index is 0.0143. The van der Waals surface area contributed by atoms with Gasteiger partial charge in [-0.05, 0) is 31.0 Å². The molecule has 0 atom stereocenters.